The molecule has 1 aromatic heterocycles. The Labute approximate surface area is 114 Å². The SMILES string of the molecule is CNCc1sc(CSC(C)C)nc1C(C)(C)C. The van der Waals surface area contributed by atoms with E-state index in [0.29, 0.717) is 5.25 Å². The van der Waals surface area contributed by atoms with Crippen LogP contribution in [0.2, 0.25) is 0 Å². The van der Waals surface area contributed by atoms with Crippen molar-refractivity contribution in [1.29, 1.82) is 0 Å². The van der Waals surface area contributed by atoms with Crippen molar-refractivity contribution in [2.45, 2.75) is 57.6 Å². The van der Waals surface area contributed by atoms with Gasteiger partial charge in [-0.1, -0.05) is 34.6 Å². The van der Waals surface area contributed by atoms with E-state index in [1.165, 1.54) is 15.6 Å². The summed E-state index contributed by atoms with van der Waals surface area (Å²) in [6.45, 7) is 12.1. The van der Waals surface area contributed by atoms with Gasteiger partial charge in [-0.05, 0) is 12.3 Å². The fourth-order valence-corrected chi connectivity index (χ4v) is 3.63. The predicted octanol–water partition coefficient (Wildman–Crippen LogP) is 3.80. The molecule has 0 atom stereocenters. The predicted molar refractivity (Wildman–Crippen MR) is 80.0 cm³/mol. The number of hydrogen-bond donors (Lipinski definition) is 1. The molecule has 0 aliphatic carbocycles. The van der Waals surface area contributed by atoms with Crippen LogP contribution < -0.4 is 5.32 Å². The normalized spacial score (nSPS) is 12.4. The fraction of sp³-hybridized carbons (Fsp3) is 0.769. The van der Waals surface area contributed by atoms with Crippen LogP contribution in [0.25, 0.3) is 0 Å². The number of rotatable bonds is 5. The second-order valence-electron chi connectivity index (χ2n) is 5.52. The average Bonchev–Trinajstić information content (AvgIpc) is 2.58. The first kappa shape index (κ1) is 15.0. The van der Waals surface area contributed by atoms with Crippen molar-refractivity contribution in [1.82, 2.24) is 10.3 Å². The van der Waals surface area contributed by atoms with E-state index in [0.717, 1.165) is 12.3 Å². The monoisotopic (exact) mass is 272 g/mol. The maximum absolute atomic E-state index is 4.83. The van der Waals surface area contributed by atoms with Crippen molar-refractivity contribution in [3.63, 3.8) is 0 Å². The Morgan fingerprint density at radius 3 is 2.47 bits per heavy atom. The van der Waals surface area contributed by atoms with E-state index in [9.17, 15) is 0 Å². The van der Waals surface area contributed by atoms with Gasteiger partial charge in [0.05, 0.1) is 5.69 Å². The zero-order valence-corrected chi connectivity index (χ0v) is 13.4. The molecule has 1 N–H and O–H groups in total. The summed E-state index contributed by atoms with van der Waals surface area (Å²) in [7, 11) is 1.99. The molecule has 17 heavy (non-hydrogen) atoms. The van der Waals surface area contributed by atoms with Gasteiger partial charge in [0.2, 0.25) is 0 Å². The molecule has 0 spiro atoms. The van der Waals surface area contributed by atoms with Crippen LogP contribution in [0.1, 0.15) is 50.2 Å². The molecule has 0 saturated heterocycles. The number of nitrogens with zero attached hydrogens (tertiary/aromatic N) is 1. The Morgan fingerprint density at radius 2 is 2.00 bits per heavy atom. The maximum Gasteiger partial charge on any atom is 0.103 e. The fourth-order valence-electron chi connectivity index (χ4n) is 1.57. The molecule has 0 amide bonds. The molecule has 0 aliphatic rings. The minimum Gasteiger partial charge on any atom is -0.315 e. The van der Waals surface area contributed by atoms with Gasteiger partial charge in [-0.15, -0.1) is 11.3 Å². The number of thiazole rings is 1. The largest absolute Gasteiger partial charge is 0.315 e. The quantitative estimate of drug-likeness (QED) is 0.882. The van der Waals surface area contributed by atoms with Gasteiger partial charge < -0.3 is 5.32 Å². The molecule has 0 bridgehead atoms. The first-order valence-electron chi connectivity index (χ1n) is 6.10. The van der Waals surface area contributed by atoms with Crippen LogP contribution in [0.4, 0.5) is 0 Å². The third-order valence-electron chi connectivity index (χ3n) is 2.33. The molecule has 1 heterocycles. The molecule has 4 heteroatoms. The van der Waals surface area contributed by atoms with E-state index in [1.807, 2.05) is 30.1 Å². The molecule has 0 radical (unpaired) electrons. The van der Waals surface area contributed by atoms with Crippen LogP contribution in [0, 0.1) is 0 Å². The van der Waals surface area contributed by atoms with E-state index in [1.54, 1.807) is 0 Å². The van der Waals surface area contributed by atoms with Crippen molar-refractivity contribution in [3.05, 3.63) is 15.6 Å². The molecule has 0 unspecified atom stereocenters. The summed E-state index contributed by atoms with van der Waals surface area (Å²) in [5.41, 5.74) is 1.40. The van der Waals surface area contributed by atoms with E-state index >= 15 is 0 Å². The Bertz CT molecular complexity index is 351. The lowest BCUT2D eigenvalue weighted by atomic mass is 9.91. The summed E-state index contributed by atoms with van der Waals surface area (Å²) in [6, 6.07) is 0. The highest BCUT2D eigenvalue weighted by atomic mass is 32.2. The summed E-state index contributed by atoms with van der Waals surface area (Å²) < 4.78 is 0. The zero-order chi connectivity index (χ0) is 13.1. The average molecular weight is 272 g/mol. The molecule has 0 saturated carbocycles. The smallest absolute Gasteiger partial charge is 0.103 e. The van der Waals surface area contributed by atoms with Crippen molar-refractivity contribution in [2.75, 3.05) is 7.05 Å². The van der Waals surface area contributed by atoms with Crippen molar-refractivity contribution >= 4 is 23.1 Å². The van der Waals surface area contributed by atoms with Crippen molar-refractivity contribution in [2.24, 2.45) is 0 Å². The van der Waals surface area contributed by atoms with E-state index in [-0.39, 0.29) is 5.41 Å². The highest BCUT2D eigenvalue weighted by Gasteiger charge is 2.22. The van der Waals surface area contributed by atoms with Gasteiger partial charge in [0.15, 0.2) is 0 Å². The summed E-state index contributed by atoms with van der Waals surface area (Å²) >= 11 is 3.82. The highest BCUT2D eigenvalue weighted by molar-refractivity contribution is 7.99. The van der Waals surface area contributed by atoms with Gasteiger partial charge >= 0.3 is 0 Å². The van der Waals surface area contributed by atoms with Crippen LogP contribution >= 0.6 is 23.1 Å². The lowest BCUT2D eigenvalue weighted by molar-refractivity contribution is 0.562. The zero-order valence-electron chi connectivity index (χ0n) is 11.8. The number of nitrogens with one attached hydrogen (secondary N) is 1. The lowest BCUT2D eigenvalue weighted by Crippen LogP contribution is -2.16. The van der Waals surface area contributed by atoms with Crippen LogP contribution in [0.5, 0.6) is 0 Å². The van der Waals surface area contributed by atoms with E-state index in [4.69, 9.17) is 4.98 Å². The van der Waals surface area contributed by atoms with Crippen molar-refractivity contribution < 1.29 is 0 Å². The first-order chi connectivity index (χ1) is 7.84. The summed E-state index contributed by atoms with van der Waals surface area (Å²) in [5.74, 6) is 1.04. The number of thioether (sulfide) groups is 1. The van der Waals surface area contributed by atoms with Crippen LogP contribution in [0.3, 0.4) is 0 Å². The van der Waals surface area contributed by atoms with Crippen LogP contribution in [0.15, 0.2) is 0 Å². The van der Waals surface area contributed by atoms with Gasteiger partial charge in [-0.25, -0.2) is 4.98 Å². The first-order valence-corrected chi connectivity index (χ1v) is 7.96. The summed E-state index contributed by atoms with van der Waals surface area (Å²) in [6.07, 6.45) is 0. The van der Waals surface area contributed by atoms with Gasteiger partial charge in [-0.2, -0.15) is 11.8 Å². The summed E-state index contributed by atoms with van der Waals surface area (Å²) in [5, 5.41) is 5.17. The molecule has 2 nitrogen and oxygen atoms in total. The van der Waals surface area contributed by atoms with E-state index < -0.39 is 0 Å². The Morgan fingerprint density at radius 1 is 1.35 bits per heavy atom. The minimum absolute atomic E-state index is 0.142. The highest BCUT2D eigenvalue weighted by Crippen LogP contribution is 2.31. The van der Waals surface area contributed by atoms with Gasteiger partial charge in [0.25, 0.3) is 0 Å². The Balaban J connectivity index is 2.88. The van der Waals surface area contributed by atoms with Gasteiger partial charge in [0.1, 0.15) is 5.01 Å². The molecule has 1 rings (SSSR count). The minimum atomic E-state index is 0.142. The van der Waals surface area contributed by atoms with Gasteiger partial charge in [-0.3, -0.25) is 0 Å². The molecule has 98 valence electrons. The topological polar surface area (TPSA) is 24.9 Å². The third kappa shape index (κ3) is 4.60. The van der Waals surface area contributed by atoms with E-state index in [2.05, 4.69) is 39.9 Å². The molecular weight excluding hydrogens is 248 g/mol. The van der Waals surface area contributed by atoms with Gasteiger partial charge in [0, 0.05) is 22.6 Å². The molecule has 1 aromatic rings. The molecule has 0 aliphatic heterocycles. The van der Waals surface area contributed by atoms with Crippen LogP contribution in [-0.2, 0) is 17.7 Å². The second-order valence-corrected chi connectivity index (χ2v) is 8.25. The lowest BCUT2D eigenvalue weighted by Gasteiger charge is -2.17. The standard InChI is InChI=1S/C13H24N2S2/c1-9(2)16-8-11-15-12(13(3,4)5)10(17-11)7-14-6/h9,14H,7-8H2,1-6H3. The second kappa shape index (κ2) is 6.21. The number of hydrogen-bond acceptors (Lipinski definition) is 4. The third-order valence-corrected chi connectivity index (χ3v) is 4.67. The summed E-state index contributed by atoms with van der Waals surface area (Å²) in [4.78, 5) is 6.22. The maximum atomic E-state index is 4.83. The Hall–Kier alpha value is -0.0600. The Kier molecular flexibility index (Phi) is 5.48. The molecular formula is C13H24N2S2. The van der Waals surface area contributed by atoms with Crippen LogP contribution in [-0.4, -0.2) is 17.3 Å². The number of aromatic nitrogens is 1. The van der Waals surface area contributed by atoms with Crippen molar-refractivity contribution in [3.8, 4) is 0 Å². The molecule has 0 fully saturated rings. The molecule has 0 aromatic carbocycles.